The quantitative estimate of drug-likeness (QED) is 0.405. The number of amides is 2. The summed E-state index contributed by atoms with van der Waals surface area (Å²) in [4.78, 5) is 25.1. The normalized spacial score (nSPS) is 11.3. The van der Waals surface area contributed by atoms with Crippen LogP contribution in [-0.2, 0) is 17.9 Å². The van der Waals surface area contributed by atoms with E-state index in [1.54, 1.807) is 38.1 Å². The van der Waals surface area contributed by atoms with Crippen LogP contribution in [0.15, 0.2) is 48.5 Å². The number of hydrogen-bond donors (Lipinski definition) is 2. The van der Waals surface area contributed by atoms with E-state index in [9.17, 15) is 22.8 Å². The minimum Gasteiger partial charge on any atom is -0.405 e. The Morgan fingerprint density at radius 3 is 2.46 bits per heavy atom. The van der Waals surface area contributed by atoms with Crippen LogP contribution in [0.3, 0.4) is 0 Å². The lowest BCUT2D eigenvalue weighted by molar-refractivity contribution is -0.274. The van der Waals surface area contributed by atoms with Gasteiger partial charge in [0.15, 0.2) is 5.78 Å². The van der Waals surface area contributed by atoms with Crippen LogP contribution in [0.1, 0.15) is 40.5 Å². The third kappa shape index (κ3) is 6.60. The maximum Gasteiger partial charge on any atom is 0.573 e. The Labute approximate surface area is 200 Å². The number of aromatic nitrogens is 2. The van der Waals surface area contributed by atoms with Crippen LogP contribution >= 0.6 is 0 Å². The van der Waals surface area contributed by atoms with Crippen LogP contribution in [-0.4, -0.2) is 35.1 Å². The zero-order valence-electron chi connectivity index (χ0n) is 19.4. The van der Waals surface area contributed by atoms with Gasteiger partial charge in [0.2, 0.25) is 0 Å². The molecule has 11 heteroatoms. The van der Waals surface area contributed by atoms with E-state index < -0.39 is 18.1 Å². The number of carbonyl (C=O) groups is 2. The van der Waals surface area contributed by atoms with Crippen LogP contribution in [0.2, 0.25) is 0 Å². The average Bonchev–Trinajstić information content (AvgIpc) is 3.14. The molecule has 2 amide bonds. The van der Waals surface area contributed by atoms with Gasteiger partial charge in [0.05, 0.1) is 12.3 Å². The van der Waals surface area contributed by atoms with Gasteiger partial charge in [-0.1, -0.05) is 31.2 Å². The molecular weight excluding hydrogens is 465 g/mol. The van der Waals surface area contributed by atoms with Crippen molar-refractivity contribution in [1.29, 1.82) is 0 Å². The topological polar surface area (TPSA) is 94.5 Å². The highest BCUT2D eigenvalue weighted by Gasteiger charge is 2.32. The number of para-hydroxylation sites is 1. The van der Waals surface area contributed by atoms with Gasteiger partial charge in [-0.2, -0.15) is 5.10 Å². The lowest BCUT2D eigenvalue weighted by Crippen LogP contribution is -2.30. The molecule has 1 aromatic heterocycles. The van der Waals surface area contributed by atoms with Crippen molar-refractivity contribution in [3.05, 3.63) is 70.9 Å². The van der Waals surface area contributed by atoms with Crippen LogP contribution in [0, 0.1) is 6.92 Å². The fraction of sp³-hybridized carbons (Fsp3) is 0.292. The fourth-order valence-electron chi connectivity index (χ4n) is 3.41. The molecule has 3 rings (SSSR count). The first-order valence-electron chi connectivity index (χ1n) is 10.7. The van der Waals surface area contributed by atoms with Crippen molar-refractivity contribution in [3.63, 3.8) is 0 Å². The molecule has 0 saturated heterocycles. The zero-order valence-corrected chi connectivity index (χ0v) is 19.4. The van der Waals surface area contributed by atoms with E-state index >= 15 is 0 Å². The van der Waals surface area contributed by atoms with Crippen molar-refractivity contribution in [2.75, 3.05) is 12.4 Å². The molecule has 0 bridgehead atoms. The smallest absolute Gasteiger partial charge is 0.405 e. The Morgan fingerprint density at radius 1 is 1.11 bits per heavy atom. The Morgan fingerprint density at radius 2 is 1.83 bits per heavy atom. The summed E-state index contributed by atoms with van der Waals surface area (Å²) in [7, 11) is 1.46. The second-order valence-corrected chi connectivity index (χ2v) is 7.58. The number of ether oxygens (including phenoxy) is 2. The highest BCUT2D eigenvalue weighted by molar-refractivity contribution is 5.98. The number of nitrogens with one attached hydrogen (secondary N) is 2. The second kappa shape index (κ2) is 11.0. The number of ketones is 1. The molecule has 3 aromatic rings. The van der Waals surface area contributed by atoms with Gasteiger partial charge in [-0.25, -0.2) is 9.48 Å². The lowest BCUT2D eigenvalue weighted by atomic mass is 10.1. The van der Waals surface area contributed by atoms with Crippen molar-refractivity contribution in [2.45, 2.75) is 39.8 Å². The number of methoxy groups -OCH3 is 1. The van der Waals surface area contributed by atoms with Gasteiger partial charge in [0, 0.05) is 31.2 Å². The van der Waals surface area contributed by atoms with Gasteiger partial charge < -0.3 is 14.8 Å². The Balaban J connectivity index is 1.84. The number of hydrogen-bond acceptors (Lipinski definition) is 5. The van der Waals surface area contributed by atoms with E-state index in [1.807, 2.05) is 6.07 Å². The second-order valence-electron chi connectivity index (χ2n) is 7.58. The summed E-state index contributed by atoms with van der Waals surface area (Å²) in [5.74, 6) is -0.353. The number of benzene rings is 2. The van der Waals surface area contributed by atoms with E-state index in [-0.39, 0.29) is 42.4 Å². The van der Waals surface area contributed by atoms with Gasteiger partial charge in [-0.05, 0) is 36.8 Å². The molecule has 0 aliphatic carbocycles. The molecule has 0 radical (unpaired) electrons. The predicted molar refractivity (Wildman–Crippen MR) is 123 cm³/mol. The number of nitrogens with zero attached hydrogens (tertiary/aromatic N) is 2. The van der Waals surface area contributed by atoms with Crippen molar-refractivity contribution < 1.29 is 32.2 Å². The number of alkyl halides is 3. The molecular formula is C24H25F3N4O4. The maximum absolute atomic E-state index is 12.8. The Kier molecular flexibility index (Phi) is 8.13. The minimum absolute atomic E-state index is 0.113. The van der Waals surface area contributed by atoms with Gasteiger partial charge in [0.25, 0.3) is 0 Å². The molecule has 1 heterocycles. The molecule has 0 atom stereocenters. The minimum atomic E-state index is -4.89. The number of urea groups is 1. The zero-order chi connectivity index (χ0) is 25.6. The summed E-state index contributed by atoms with van der Waals surface area (Å²) in [5, 5.41) is 9.58. The molecule has 186 valence electrons. The monoisotopic (exact) mass is 490 g/mol. The molecule has 0 spiro atoms. The maximum atomic E-state index is 12.8. The third-order valence-electron chi connectivity index (χ3n) is 5.04. The molecule has 2 N–H and O–H groups in total. The van der Waals surface area contributed by atoms with E-state index in [4.69, 9.17) is 4.74 Å². The number of rotatable bonds is 9. The highest BCUT2D eigenvalue weighted by atomic mass is 19.4. The highest BCUT2D eigenvalue weighted by Crippen LogP contribution is 2.28. The van der Waals surface area contributed by atoms with Crippen molar-refractivity contribution in [3.8, 4) is 11.4 Å². The van der Waals surface area contributed by atoms with Gasteiger partial charge in [0.1, 0.15) is 17.3 Å². The van der Waals surface area contributed by atoms with Crippen molar-refractivity contribution in [1.82, 2.24) is 15.1 Å². The number of halogens is 3. The number of anilines is 1. The van der Waals surface area contributed by atoms with Crippen molar-refractivity contribution in [2.24, 2.45) is 0 Å². The molecule has 0 unspecified atom stereocenters. The van der Waals surface area contributed by atoms with Gasteiger partial charge in [-0.15, -0.1) is 13.2 Å². The van der Waals surface area contributed by atoms with E-state index in [2.05, 4.69) is 20.5 Å². The SMILES string of the molecule is CCC(=O)c1nn(-c2ccccc2)c(NC(=O)NCc2cc(COC)ccc2OC(F)(F)F)c1C. The molecule has 2 aromatic carbocycles. The molecule has 0 aliphatic heterocycles. The van der Waals surface area contributed by atoms with E-state index in [0.29, 0.717) is 16.8 Å². The summed E-state index contributed by atoms with van der Waals surface area (Å²) in [5.41, 5.74) is 2.04. The van der Waals surface area contributed by atoms with Crippen LogP contribution in [0.5, 0.6) is 5.75 Å². The Bertz CT molecular complexity index is 1190. The summed E-state index contributed by atoms with van der Waals surface area (Å²) >= 11 is 0. The van der Waals surface area contributed by atoms with Crippen molar-refractivity contribution >= 4 is 17.6 Å². The summed E-state index contributed by atoms with van der Waals surface area (Å²) < 4.78 is 49.0. The first-order chi connectivity index (χ1) is 16.6. The van der Waals surface area contributed by atoms with Crippen LogP contribution in [0.4, 0.5) is 23.8 Å². The predicted octanol–water partition coefficient (Wildman–Crippen LogP) is 5.14. The summed E-state index contributed by atoms with van der Waals surface area (Å²) in [6.45, 7) is 3.29. The van der Waals surface area contributed by atoms with Crippen LogP contribution < -0.4 is 15.4 Å². The van der Waals surface area contributed by atoms with E-state index in [0.717, 1.165) is 0 Å². The van der Waals surface area contributed by atoms with Gasteiger partial charge in [-0.3, -0.25) is 10.1 Å². The molecule has 35 heavy (non-hydrogen) atoms. The largest absolute Gasteiger partial charge is 0.573 e. The first kappa shape index (κ1) is 25.8. The Hall–Kier alpha value is -3.86. The first-order valence-corrected chi connectivity index (χ1v) is 10.7. The van der Waals surface area contributed by atoms with E-state index in [1.165, 1.54) is 30.0 Å². The third-order valence-corrected chi connectivity index (χ3v) is 5.04. The molecule has 0 aliphatic rings. The molecule has 0 fully saturated rings. The number of carbonyl (C=O) groups excluding carboxylic acids is 2. The lowest BCUT2D eigenvalue weighted by Gasteiger charge is -2.16. The molecule has 0 saturated carbocycles. The summed E-state index contributed by atoms with van der Waals surface area (Å²) in [6, 6.07) is 12.3. The summed E-state index contributed by atoms with van der Waals surface area (Å²) in [6.07, 6.45) is -4.65. The number of Topliss-reactive ketones (excluding diaryl/α,β-unsaturated/α-hetero) is 1. The fourth-order valence-corrected chi connectivity index (χ4v) is 3.41. The standard InChI is InChI=1S/C24H25F3N4O4/c1-4-19(32)21-15(2)22(31(30-21)18-8-6-5-7-9-18)29-23(33)28-13-17-12-16(14-34-3)10-11-20(17)35-24(25,26)27/h5-12H,4,13-14H2,1-3H3,(H2,28,29,33). The average molecular weight is 490 g/mol. The van der Waals surface area contributed by atoms with Crippen LogP contribution in [0.25, 0.3) is 5.69 Å². The van der Waals surface area contributed by atoms with Gasteiger partial charge >= 0.3 is 12.4 Å². The molecule has 8 nitrogen and oxygen atoms in total.